The van der Waals surface area contributed by atoms with Crippen molar-refractivity contribution in [3.05, 3.63) is 129 Å². The average Bonchev–Trinajstić information content (AvgIpc) is 4.16. The zero-order chi connectivity index (χ0) is 50.7. The van der Waals surface area contributed by atoms with E-state index in [1.54, 1.807) is 42.5 Å². The van der Waals surface area contributed by atoms with Gasteiger partial charge >= 0.3 is 5.97 Å². The summed E-state index contributed by atoms with van der Waals surface area (Å²) in [5.41, 5.74) is 6.61. The Morgan fingerprint density at radius 2 is 1.78 bits per heavy atom. The van der Waals surface area contributed by atoms with Crippen molar-refractivity contribution in [1.29, 1.82) is 0 Å². The van der Waals surface area contributed by atoms with Crippen LogP contribution in [0.25, 0.3) is 22.3 Å². The predicted molar refractivity (Wildman–Crippen MR) is 257 cm³/mol. The Morgan fingerprint density at radius 1 is 1.00 bits per heavy atom. The molecule has 3 fully saturated rings. The van der Waals surface area contributed by atoms with Crippen molar-refractivity contribution >= 4 is 22.8 Å². The summed E-state index contributed by atoms with van der Waals surface area (Å²) < 4.78 is 31.6. The second-order valence-corrected chi connectivity index (χ2v) is 19.0. The van der Waals surface area contributed by atoms with Gasteiger partial charge < -0.3 is 91.3 Å². The minimum absolute atomic E-state index is 0.00693. The largest absolute Gasteiger partial charge is 0.508 e. The number of anilines is 1. The van der Waals surface area contributed by atoms with Gasteiger partial charge in [-0.25, -0.2) is 4.79 Å². The number of carboxylic acids is 1. The number of benzene rings is 3. The number of H-pyrrole nitrogens is 1. The molecule has 0 spiro atoms. The van der Waals surface area contributed by atoms with Crippen molar-refractivity contribution in [1.82, 2.24) is 20.9 Å². The molecule has 3 aliphatic heterocycles. The Morgan fingerprint density at radius 3 is 2.44 bits per heavy atom. The van der Waals surface area contributed by atoms with E-state index in [1.165, 1.54) is 36.4 Å². The number of nitrogen functional groups attached to an aromatic ring is 1. The summed E-state index contributed by atoms with van der Waals surface area (Å²) in [7, 11) is 0. The molecule has 0 radical (unpaired) electrons. The fourth-order valence-electron chi connectivity index (χ4n) is 10.9. The number of aliphatic hydroxyl groups excluding tert-OH is 3. The number of hydrogen-bond donors (Lipinski definition) is 14. The summed E-state index contributed by atoms with van der Waals surface area (Å²) in [5, 5.41) is 101. The topological polar surface area (TPSA) is 350 Å². The summed E-state index contributed by atoms with van der Waals surface area (Å²) in [6, 6.07) is 17.4. The molecule has 380 valence electrons. The molecule has 10 rings (SSSR count). The van der Waals surface area contributed by atoms with Gasteiger partial charge in [0.2, 0.25) is 12.0 Å². The minimum atomic E-state index is -2.69. The van der Waals surface area contributed by atoms with E-state index in [4.69, 9.17) is 34.8 Å². The van der Waals surface area contributed by atoms with E-state index < -0.39 is 94.7 Å². The van der Waals surface area contributed by atoms with Gasteiger partial charge in [-0.2, -0.15) is 0 Å². The average molecular weight is 993 g/mol. The van der Waals surface area contributed by atoms with Crippen LogP contribution in [0.15, 0.2) is 117 Å². The second-order valence-electron chi connectivity index (χ2n) is 19.0. The number of rotatable bonds is 15. The molecule has 5 aromatic rings. The Balaban J connectivity index is 1.08. The first-order chi connectivity index (χ1) is 34.5. The number of aliphatic hydroxyl groups is 5. The first kappa shape index (κ1) is 48.5. The third-order valence-electron chi connectivity index (χ3n) is 14.4. The van der Waals surface area contributed by atoms with Crippen LogP contribution in [0.1, 0.15) is 49.5 Å². The van der Waals surface area contributed by atoms with Gasteiger partial charge in [-0.1, -0.05) is 23.8 Å². The lowest BCUT2D eigenvalue weighted by molar-refractivity contribution is -0.344. The van der Waals surface area contributed by atoms with Crippen LogP contribution in [0, 0.1) is 5.92 Å². The molecule has 16 N–H and O–H groups in total. The van der Waals surface area contributed by atoms with E-state index in [2.05, 4.69) is 20.9 Å². The second kappa shape index (κ2) is 18.8. The number of aliphatic carboxylic acids is 1. The molecular formula is C51H56N6O15. The van der Waals surface area contributed by atoms with Crippen molar-refractivity contribution in [2.75, 3.05) is 32.1 Å². The van der Waals surface area contributed by atoms with Crippen LogP contribution in [0.5, 0.6) is 28.7 Å². The number of fused-ring (bicyclic) bond motifs is 3. The number of ether oxygens (including phenoxy) is 4. The van der Waals surface area contributed by atoms with Crippen LogP contribution in [0.4, 0.5) is 5.82 Å². The van der Waals surface area contributed by atoms with E-state index >= 15 is 0 Å². The number of allylic oxidation sites excluding steroid dienone is 2. The maximum atomic E-state index is 14.2. The first-order valence-corrected chi connectivity index (χ1v) is 23.6. The van der Waals surface area contributed by atoms with E-state index in [-0.39, 0.29) is 41.2 Å². The number of dihydropyridines is 1. The zero-order valence-electron chi connectivity index (χ0n) is 38.7. The highest BCUT2D eigenvalue weighted by molar-refractivity contribution is 5.90. The Kier molecular flexibility index (Phi) is 12.7. The lowest BCUT2D eigenvalue weighted by Gasteiger charge is -2.58. The van der Waals surface area contributed by atoms with Crippen LogP contribution >= 0.6 is 0 Å². The molecule has 9 atom stereocenters. The van der Waals surface area contributed by atoms with Gasteiger partial charge in [-0.15, -0.1) is 0 Å². The molecule has 72 heavy (non-hydrogen) atoms. The fourth-order valence-corrected chi connectivity index (χ4v) is 10.9. The summed E-state index contributed by atoms with van der Waals surface area (Å²) in [6.45, 7) is 0.405. The van der Waals surface area contributed by atoms with Crippen molar-refractivity contribution in [2.24, 2.45) is 11.7 Å². The standard InChI is InChI=1S/C51H56N6O15/c52-38-11-10-31(57-38)42(61)37(23-58)68-30-8-6-26(7-9-30)34-19-33(60)40-35(69-34)20-36(44(43(40)62)72-49(13-1-2-14-49)28-4-3-5-29(59)18-28)70-48-50(66)21-27(16-25-12-15-55-39(53)17-25)41(32-22-54-24-56-32)51(67,47(50)65)45(71-48)46(63)64/h3-12,17-21,32,37,41-42,45,47-48,54-59,61-62,65-67H,1-2,13-16,22-24,52-53H2,(H,63,64). The fraction of sp³-hybridized carbons (Fsp3) is 0.373. The molecule has 0 amide bonds. The van der Waals surface area contributed by atoms with Crippen molar-refractivity contribution < 1.29 is 69.0 Å². The number of aromatic hydroxyl groups is 2. The van der Waals surface area contributed by atoms with Gasteiger partial charge in [0.15, 0.2) is 34.7 Å². The molecule has 21 heteroatoms. The highest BCUT2D eigenvalue weighted by atomic mass is 16.7. The highest BCUT2D eigenvalue weighted by Crippen LogP contribution is 2.55. The van der Waals surface area contributed by atoms with Crippen LogP contribution in [0.2, 0.25) is 0 Å². The zero-order valence-corrected chi connectivity index (χ0v) is 38.7. The first-order valence-electron chi connectivity index (χ1n) is 23.6. The Bertz CT molecular complexity index is 3030. The number of nitrogens with one attached hydrogen (secondary N) is 4. The summed E-state index contributed by atoms with van der Waals surface area (Å²) in [6.07, 6.45) is -1.95. The van der Waals surface area contributed by atoms with E-state index in [1.807, 2.05) is 6.08 Å². The number of phenolic OH excluding ortho intramolecular Hbond substituents is 2. The van der Waals surface area contributed by atoms with Crippen LogP contribution in [0.3, 0.4) is 0 Å². The highest BCUT2D eigenvalue weighted by Gasteiger charge is 2.71. The number of phenols is 2. The number of aromatic amines is 1. The third kappa shape index (κ3) is 8.56. The molecule has 9 unspecified atom stereocenters. The molecule has 5 aliphatic rings. The van der Waals surface area contributed by atoms with Gasteiger partial charge in [0.05, 0.1) is 12.4 Å². The smallest absolute Gasteiger partial charge is 0.336 e. The quantitative estimate of drug-likeness (QED) is 0.0666. The number of hydrogen-bond acceptors (Lipinski definition) is 19. The molecule has 21 nitrogen and oxygen atoms in total. The number of carboxylic acid groups (broad SMARTS) is 1. The van der Waals surface area contributed by atoms with Crippen molar-refractivity contribution in [3.8, 4) is 40.1 Å². The lowest BCUT2D eigenvalue weighted by Crippen LogP contribution is -2.79. The molecule has 2 aromatic heterocycles. The predicted octanol–water partition coefficient (Wildman–Crippen LogP) is 1.91. The molecule has 2 aliphatic carbocycles. The van der Waals surface area contributed by atoms with Gasteiger partial charge in [0.1, 0.15) is 57.5 Å². The minimum Gasteiger partial charge on any atom is -0.508 e. The number of nitrogens with two attached hydrogens (primary N) is 2. The van der Waals surface area contributed by atoms with Gasteiger partial charge in [0, 0.05) is 55.1 Å². The van der Waals surface area contributed by atoms with Crippen LogP contribution in [-0.4, -0.2) is 120 Å². The van der Waals surface area contributed by atoms with Gasteiger partial charge in [-0.05, 0) is 104 Å². The van der Waals surface area contributed by atoms with E-state index in [9.17, 15) is 50.4 Å². The molecule has 3 aromatic carbocycles. The van der Waals surface area contributed by atoms with E-state index in [0.29, 0.717) is 78.5 Å². The maximum absolute atomic E-state index is 14.2. The van der Waals surface area contributed by atoms with Crippen molar-refractivity contribution in [2.45, 2.75) is 85.7 Å². The van der Waals surface area contributed by atoms with Crippen molar-refractivity contribution in [3.63, 3.8) is 0 Å². The Labute approximate surface area is 410 Å². The number of aromatic nitrogens is 1. The summed E-state index contributed by atoms with van der Waals surface area (Å²) >= 11 is 0. The molecule has 2 saturated heterocycles. The van der Waals surface area contributed by atoms with Crippen LogP contribution in [-0.2, 0) is 15.1 Å². The molecule has 5 heterocycles. The van der Waals surface area contributed by atoms with Gasteiger partial charge in [-0.3, -0.25) is 10.1 Å². The third-order valence-corrected chi connectivity index (χ3v) is 14.4. The summed E-state index contributed by atoms with van der Waals surface area (Å²) in [4.78, 5) is 30.4. The molecule has 1 saturated carbocycles. The normalized spacial score (nSPS) is 27.5. The lowest BCUT2D eigenvalue weighted by atomic mass is 9.59. The van der Waals surface area contributed by atoms with E-state index in [0.717, 1.165) is 6.07 Å². The van der Waals surface area contributed by atoms with Crippen LogP contribution < -0.4 is 47.1 Å². The monoisotopic (exact) mass is 992 g/mol. The maximum Gasteiger partial charge on any atom is 0.336 e. The molecule has 2 bridgehead atoms. The van der Waals surface area contributed by atoms with Gasteiger partial charge in [0.25, 0.3) is 0 Å². The number of carbonyl (C=O) groups is 1. The summed E-state index contributed by atoms with van der Waals surface area (Å²) in [5.74, 6) is -3.51. The Hall–Kier alpha value is -7.08. The molecular weight excluding hydrogens is 937 g/mol. The SMILES string of the molecule is NC1=CC(CC2=CC3(O)C(Oc4cc5oc(-c6ccc(OC(CO)C(O)c7ccc(N)[nH]7)cc6)cc(=O)c5c(O)c4OC4(c5cccc(O)c5)CCCC4)OC(C(=O)O)C(O)(C2C2CNCN2)C3O)=CCN1.